The van der Waals surface area contributed by atoms with Gasteiger partial charge in [-0.1, -0.05) is 59.6 Å². The van der Waals surface area contributed by atoms with E-state index >= 15 is 0 Å². The van der Waals surface area contributed by atoms with Crippen LogP contribution in [-0.4, -0.2) is 0 Å². The van der Waals surface area contributed by atoms with E-state index in [1.807, 2.05) is 0 Å². The lowest BCUT2D eigenvalue weighted by Crippen LogP contribution is -1.93. The summed E-state index contributed by atoms with van der Waals surface area (Å²) in [5, 5.41) is 0. The molecule has 78 valence electrons. The Morgan fingerprint density at radius 1 is 0.846 bits per heavy atom. The van der Waals surface area contributed by atoms with Crippen LogP contribution in [0.4, 0.5) is 0 Å². The highest BCUT2D eigenvalue weighted by Gasteiger charge is 1.99. The van der Waals surface area contributed by atoms with Gasteiger partial charge >= 0.3 is 0 Å². The SMILES string of the molecule is CC(C)/C=C\[C@H](C)CCCC(C)C. The van der Waals surface area contributed by atoms with Gasteiger partial charge in [-0.05, 0) is 24.2 Å². The average Bonchev–Trinajstić information content (AvgIpc) is 2.00. The van der Waals surface area contributed by atoms with Crippen molar-refractivity contribution in [3.63, 3.8) is 0 Å². The Hall–Kier alpha value is -0.260. The first-order valence-electron chi connectivity index (χ1n) is 5.70. The molecule has 0 unspecified atom stereocenters. The van der Waals surface area contributed by atoms with Gasteiger partial charge in [-0.3, -0.25) is 0 Å². The van der Waals surface area contributed by atoms with Gasteiger partial charge in [0.25, 0.3) is 0 Å². The van der Waals surface area contributed by atoms with Crippen LogP contribution in [0.15, 0.2) is 12.2 Å². The van der Waals surface area contributed by atoms with Gasteiger partial charge < -0.3 is 0 Å². The first-order chi connectivity index (χ1) is 6.02. The predicted octanol–water partition coefficient (Wildman–Crippen LogP) is 4.66. The molecule has 0 aromatic carbocycles. The highest BCUT2D eigenvalue weighted by Crippen LogP contribution is 2.13. The monoisotopic (exact) mass is 182 g/mol. The van der Waals surface area contributed by atoms with Gasteiger partial charge in [-0.25, -0.2) is 0 Å². The zero-order chi connectivity index (χ0) is 10.3. The van der Waals surface area contributed by atoms with Gasteiger partial charge in [0.15, 0.2) is 0 Å². The van der Waals surface area contributed by atoms with Crippen LogP contribution in [0.5, 0.6) is 0 Å². The van der Waals surface area contributed by atoms with E-state index in [1.54, 1.807) is 0 Å². The quantitative estimate of drug-likeness (QED) is 0.524. The molecule has 0 aromatic heterocycles. The fourth-order valence-electron chi connectivity index (χ4n) is 1.36. The molecule has 0 aliphatic rings. The van der Waals surface area contributed by atoms with Crippen LogP contribution in [0.3, 0.4) is 0 Å². The third-order valence-electron chi connectivity index (χ3n) is 2.27. The molecule has 0 saturated carbocycles. The highest BCUT2D eigenvalue weighted by atomic mass is 14.0. The van der Waals surface area contributed by atoms with Crippen LogP contribution < -0.4 is 0 Å². The van der Waals surface area contributed by atoms with Crippen molar-refractivity contribution in [1.82, 2.24) is 0 Å². The first-order valence-corrected chi connectivity index (χ1v) is 5.70. The van der Waals surface area contributed by atoms with Crippen LogP contribution in [0.1, 0.15) is 53.9 Å². The van der Waals surface area contributed by atoms with Gasteiger partial charge in [0.2, 0.25) is 0 Å². The molecule has 0 heterocycles. The molecule has 1 atom stereocenters. The Kier molecular flexibility index (Phi) is 7.03. The smallest absolute Gasteiger partial charge is 0.0262 e. The molecular formula is C13H26. The molecule has 0 heteroatoms. The lowest BCUT2D eigenvalue weighted by atomic mass is 9.98. The van der Waals surface area contributed by atoms with Crippen LogP contribution in [0.2, 0.25) is 0 Å². The van der Waals surface area contributed by atoms with E-state index in [9.17, 15) is 0 Å². The molecule has 0 amide bonds. The predicted molar refractivity (Wildman–Crippen MR) is 61.8 cm³/mol. The molecule has 0 fully saturated rings. The van der Waals surface area contributed by atoms with Crippen LogP contribution in [0, 0.1) is 17.8 Å². The molecule has 0 aromatic rings. The van der Waals surface area contributed by atoms with Crippen molar-refractivity contribution in [3.05, 3.63) is 12.2 Å². The lowest BCUT2D eigenvalue weighted by Gasteiger charge is -2.08. The van der Waals surface area contributed by atoms with E-state index in [4.69, 9.17) is 0 Å². The van der Waals surface area contributed by atoms with Gasteiger partial charge in [0.05, 0.1) is 0 Å². The van der Waals surface area contributed by atoms with Crippen molar-refractivity contribution in [1.29, 1.82) is 0 Å². The van der Waals surface area contributed by atoms with Crippen LogP contribution >= 0.6 is 0 Å². The largest absolute Gasteiger partial charge is 0.0857 e. The van der Waals surface area contributed by atoms with E-state index in [1.165, 1.54) is 19.3 Å². The standard InChI is InChI=1S/C13H26/c1-11(2)7-6-8-13(5)10-9-12(3)4/h9-13H,6-8H2,1-5H3/b10-9-/t13-/m1/s1. The first kappa shape index (κ1) is 12.7. The highest BCUT2D eigenvalue weighted by molar-refractivity contribution is 4.88. The Labute approximate surface area is 84.4 Å². The molecule has 0 N–H and O–H groups in total. The van der Waals surface area contributed by atoms with Gasteiger partial charge in [-0.15, -0.1) is 0 Å². The molecule has 0 spiro atoms. The number of rotatable bonds is 6. The summed E-state index contributed by atoms with van der Waals surface area (Å²) in [6, 6.07) is 0. The van der Waals surface area contributed by atoms with Crippen molar-refractivity contribution >= 4 is 0 Å². The summed E-state index contributed by atoms with van der Waals surface area (Å²) in [4.78, 5) is 0. The summed E-state index contributed by atoms with van der Waals surface area (Å²) in [7, 11) is 0. The topological polar surface area (TPSA) is 0 Å². The second kappa shape index (κ2) is 7.17. The fraction of sp³-hybridized carbons (Fsp3) is 0.846. The summed E-state index contributed by atoms with van der Waals surface area (Å²) in [5.41, 5.74) is 0. The Bertz CT molecular complexity index is 131. The third kappa shape index (κ3) is 9.66. The minimum atomic E-state index is 0.701. The van der Waals surface area contributed by atoms with Crippen LogP contribution in [0.25, 0.3) is 0 Å². The van der Waals surface area contributed by atoms with Crippen molar-refractivity contribution in [2.24, 2.45) is 17.8 Å². The van der Waals surface area contributed by atoms with E-state index in [0.29, 0.717) is 5.92 Å². The summed E-state index contributed by atoms with van der Waals surface area (Å²) in [6.07, 6.45) is 8.79. The van der Waals surface area contributed by atoms with Gasteiger partial charge in [-0.2, -0.15) is 0 Å². The Balaban J connectivity index is 3.45. The summed E-state index contributed by atoms with van der Waals surface area (Å²) in [5.74, 6) is 2.33. The molecule has 0 saturated heterocycles. The van der Waals surface area contributed by atoms with E-state index in [0.717, 1.165) is 11.8 Å². The zero-order valence-corrected chi connectivity index (χ0v) is 10.0. The Morgan fingerprint density at radius 2 is 1.46 bits per heavy atom. The molecule has 0 radical (unpaired) electrons. The number of hydrogen-bond donors (Lipinski definition) is 0. The maximum Gasteiger partial charge on any atom is -0.0262 e. The molecule has 0 bridgehead atoms. The molecule has 0 nitrogen and oxygen atoms in total. The van der Waals surface area contributed by atoms with E-state index < -0.39 is 0 Å². The van der Waals surface area contributed by atoms with Crippen LogP contribution in [-0.2, 0) is 0 Å². The molecule has 0 rings (SSSR count). The van der Waals surface area contributed by atoms with E-state index in [-0.39, 0.29) is 0 Å². The average molecular weight is 182 g/mol. The van der Waals surface area contributed by atoms with Crippen molar-refractivity contribution in [3.8, 4) is 0 Å². The molecule has 0 aliphatic heterocycles. The van der Waals surface area contributed by atoms with Crippen molar-refractivity contribution in [2.75, 3.05) is 0 Å². The minimum absolute atomic E-state index is 0.701. The second-order valence-corrected chi connectivity index (χ2v) is 4.93. The maximum absolute atomic E-state index is 2.37. The summed E-state index contributed by atoms with van der Waals surface area (Å²) >= 11 is 0. The maximum atomic E-state index is 2.37. The molecule has 13 heavy (non-hydrogen) atoms. The van der Waals surface area contributed by atoms with Crippen molar-refractivity contribution in [2.45, 2.75) is 53.9 Å². The fourth-order valence-corrected chi connectivity index (χ4v) is 1.36. The molecular weight excluding hydrogens is 156 g/mol. The normalized spacial score (nSPS) is 14.7. The third-order valence-corrected chi connectivity index (χ3v) is 2.27. The summed E-state index contributed by atoms with van der Waals surface area (Å²) < 4.78 is 0. The zero-order valence-electron chi connectivity index (χ0n) is 10.0. The van der Waals surface area contributed by atoms with E-state index in [2.05, 4.69) is 46.8 Å². The second-order valence-electron chi connectivity index (χ2n) is 4.93. The number of allylic oxidation sites excluding steroid dienone is 2. The minimum Gasteiger partial charge on any atom is -0.0857 e. The Morgan fingerprint density at radius 3 is 1.92 bits per heavy atom. The van der Waals surface area contributed by atoms with Gasteiger partial charge in [0, 0.05) is 0 Å². The number of hydrogen-bond acceptors (Lipinski definition) is 0. The molecule has 0 aliphatic carbocycles. The van der Waals surface area contributed by atoms with Crippen molar-refractivity contribution < 1.29 is 0 Å². The summed E-state index contributed by atoms with van der Waals surface area (Å²) in [6.45, 7) is 11.4. The lowest BCUT2D eigenvalue weighted by molar-refractivity contribution is 0.500. The van der Waals surface area contributed by atoms with Gasteiger partial charge in [0.1, 0.15) is 0 Å².